The van der Waals surface area contributed by atoms with Gasteiger partial charge >= 0.3 is 0 Å². The first-order chi connectivity index (χ1) is 7.14. The first kappa shape index (κ1) is 13.0. The van der Waals surface area contributed by atoms with Crippen LogP contribution < -0.4 is 5.73 Å². The molecule has 0 bridgehead atoms. The van der Waals surface area contributed by atoms with E-state index in [0.717, 1.165) is 12.3 Å². The van der Waals surface area contributed by atoms with Gasteiger partial charge in [0.1, 0.15) is 0 Å². The van der Waals surface area contributed by atoms with E-state index in [2.05, 4.69) is 13.8 Å². The summed E-state index contributed by atoms with van der Waals surface area (Å²) in [6, 6.07) is 0.229. The first-order valence-electron chi connectivity index (χ1n) is 6.51. The predicted molar refractivity (Wildman–Crippen MR) is 64.7 cm³/mol. The van der Waals surface area contributed by atoms with Crippen molar-refractivity contribution in [3.05, 3.63) is 0 Å². The van der Waals surface area contributed by atoms with E-state index in [1.54, 1.807) is 0 Å². The van der Waals surface area contributed by atoms with Gasteiger partial charge in [0, 0.05) is 12.6 Å². The van der Waals surface area contributed by atoms with Crippen molar-refractivity contribution in [1.29, 1.82) is 0 Å². The van der Waals surface area contributed by atoms with Crippen LogP contribution in [-0.4, -0.2) is 17.8 Å². The smallest absolute Gasteiger partial charge is 0.0436 e. The van der Waals surface area contributed by atoms with Crippen molar-refractivity contribution in [2.24, 2.45) is 17.1 Å². The second kappa shape index (κ2) is 5.86. The fourth-order valence-electron chi connectivity index (χ4n) is 3.11. The van der Waals surface area contributed by atoms with E-state index in [1.165, 1.54) is 38.5 Å². The van der Waals surface area contributed by atoms with E-state index in [-0.39, 0.29) is 11.5 Å². The van der Waals surface area contributed by atoms with Crippen LogP contribution in [0.1, 0.15) is 58.8 Å². The minimum Gasteiger partial charge on any atom is -0.396 e. The van der Waals surface area contributed by atoms with Crippen LogP contribution in [0.2, 0.25) is 0 Å². The lowest BCUT2D eigenvalue weighted by atomic mass is 9.64. The van der Waals surface area contributed by atoms with Crippen LogP contribution in [0.25, 0.3) is 0 Å². The van der Waals surface area contributed by atoms with E-state index in [9.17, 15) is 0 Å². The highest BCUT2D eigenvalue weighted by Crippen LogP contribution is 2.44. The maximum absolute atomic E-state index is 9.15. The zero-order chi connectivity index (χ0) is 11.3. The molecule has 1 unspecified atom stereocenters. The molecule has 0 aromatic carbocycles. The van der Waals surface area contributed by atoms with Crippen LogP contribution in [0.15, 0.2) is 0 Å². The maximum atomic E-state index is 9.15. The van der Waals surface area contributed by atoms with Gasteiger partial charge in [0.05, 0.1) is 0 Å². The molecule has 0 aromatic rings. The van der Waals surface area contributed by atoms with Crippen LogP contribution in [0.5, 0.6) is 0 Å². The van der Waals surface area contributed by atoms with Crippen LogP contribution >= 0.6 is 0 Å². The van der Waals surface area contributed by atoms with Crippen LogP contribution in [0.4, 0.5) is 0 Å². The van der Waals surface area contributed by atoms with Gasteiger partial charge < -0.3 is 10.8 Å². The highest BCUT2D eigenvalue weighted by Gasteiger charge is 2.37. The van der Waals surface area contributed by atoms with Crippen molar-refractivity contribution in [3.63, 3.8) is 0 Å². The molecule has 0 saturated heterocycles. The van der Waals surface area contributed by atoms with Crippen molar-refractivity contribution in [1.82, 2.24) is 0 Å². The van der Waals surface area contributed by atoms with Crippen LogP contribution in [0, 0.1) is 11.3 Å². The summed E-state index contributed by atoms with van der Waals surface area (Å²) < 4.78 is 0. The number of aliphatic hydroxyl groups excluding tert-OH is 1. The third kappa shape index (κ3) is 3.18. The third-order valence-corrected chi connectivity index (χ3v) is 4.37. The first-order valence-corrected chi connectivity index (χ1v) is 6.51. The average Bonchev–Trinajstić information content (AvgIpc) is 2.21. The number of aliphatic hydroxyl groups is 1. The average molecular weight is 213 g/mol. The second-order valence-electron chi connectivity index (χ2n) is 5.36. The second-order valence-corrected chi connectivity index (χ2v) is 5.36. The van der Waals surface area contributed by atoms with Crippen molar-refractivity contribution < 1.29 is 5.11 Å². The molecule has 3 N–H and O–H groups in total. The molecule has 0 aromatic heterocycles. The summed E-state index contributed by atoms with van der Waals surface area (Å²) in [4.78, 5) is 0. The molecule has 1 aliphatic carbocycles. The van der Waals surface area contributed by atoms with Crippen LogP contribution in [-0.2, 0) is 0 Å². The van der Waals surface area contributed by atoms with Crippen molar-refractivity contribution in [2.75, 3.05) is 6.61 Å². The molecule has 1 atom stereocenters. The number of rotatable bonds is 5. The molecule has 0 heterocycles. The molecule has 2 nitrogen and oxygen atoms in total. The Morgan fingerprint density at radius 2 is 2.00 bits per heavy atom. The zero-order valence-corrected chi connectivity index (χ0v) is 10.3. The fraction of sp³-hybridized carbons (Fsp3) is 1.00. The summed E-state index contributed by atoms with van der Waals surface area (Å²) >= 11 is 0. The highest BCUT2D eigenvalue weighted by atomic mass is 16.3. The van der Waals surface area contributed by atoms with Gasteiger partial charge in [-0.3, -0.25) is 0 Å². The normalized spacial score (nSPS) is 34.0. The Balaban J connectivity index is 2.49. The Kier molecular flexibility index (Phi) is 5.07. The SMILES string of the molecule is CCCC1CCC(CCO)(C(C)N)CC1. The Labute approximate surface area is 94.2 Å². The Bertz CT molecular complexity index is 171. The molecular formula is C13H27NO. The molecule has 1 saturated carbocycles. The van der Waals surface area contributed by atoms with Crippen LogP contribution in [0.3, 0.4) is 0 Å². The summed E-state index contributed by atoms with van der Waals surface area (Å²) in [5.74, 6) is 0.917. The van der Waals surface area contributed by atoms with Gasteiger partial charge in [0.15, 0.2) is 0 Å². The van der Waals surface area contributed by atoms with Gasteiger partial charge in [0.25, 0.3) is 0 Å². The molecule has 1 aliphatic rings. The Morgan fingerprint density at radius 3 is 2.40 bits per heavy atom. The van der Waals surface area contributed by atoms with Gasteiger partial charge in [-0.25, -0.2) is 0 Å². The van der Waals surface area contributed by atoms with Gasteiger partial charge in [-0.1, -0.05) is 19.8 Å². The predicted octanol–water partition coefficient (Wildman–Crippen LogP) is 2.69. The fourth-order valence-corrected chi connectivity index (χ4v) is 3.11. The van der Waals surface area contributed by atoms with E-state index in [1.807, 2.05) is 0 Å². The molecule has 2 heteroatoms. The number of nitrogens with two attached hydrogens (primary N) is 1. The van der Waals surface area contributed by atoms with Gasteiger partial charge in [-0.05, 0) is 50.4 Å². The third-order valence-electron chi connectivity index (χ3n) is 4.37. The maximum Gasteiger partial charge on any atom is 0.0436 e. The van der Waals surface area contributed by atoms with Crippen molar-refractivity contribution in [3.8, 4) is 0 Å². The van der Waals surface area contributed by atoms with E-state index >= 15 is 0 Å². The summed E-state index contributed by atoms with van der Waals surface area (Å²) in [7, 11) is 0. The van der Waals surface area contributed by atoms with E-state index < -0.39 is 0 Å². The zero-order valence-electron chi connectivity index (χ0n) is 10.3. The van der Waals surface area contributed by atoms with Crippen molar-refractivity contribution in [2.45, 2.75) is 64.8 Å². The molecule has 1 rings (SSSR count). The molecule has 0 aliphatic heterocycles. The molecule has 90 valence electrons. The van der Waals surface area contributed by atoms with E-state index in [0.29, 0.717) is 6.61 Å². The monoisotopic (exact) mass is 213 g/mol. The lowest BCUT2D eigenvalue weighted by molar-refractivity contribution is 0.0804. The minimum atomic E-state index is 0.229. The quantitative estimate of drug-likeness (QED) is 0.737. The highest BCUT2D eigenvalue weighted by molar-refractivity contribution is 4.91. The lowest BCUT2D eigenvalue weighted by Crippen LogP contribution is -2.43. The summed E-state index contributed by atoms with van der Waals surface area (Å²) in [5.41, 5.74) is 6.33. The number of hydrogen-bond acceptors (Lipinski definition) is 2. The lowest BCUT2D eigenvalue weighted by Gasteiger charge is -2.43. The Hall–Kier alpha value is -0.0800. The summed E-state index contributed by atoms with van der Waals surface area (Å²) in [6.45, 7) is 4.66. The standard InChI is InChI=1S/C13H27NO/c1-3-4-12-5-7-13(8-6-12,9-10-15)11(2)14/h11-12,15H,3-10,14H2,1-2H3. The van der Waals surface area contributed by atoms with E-state index in [4.69, 9.17) is 10.8 Å². The molecular weight excluding hydrogens is 186 g/mol. The molecule has 1 fully saturated rings. The topological polar surface area (TPSA) is 46.2 Å². The Morgan fingerprint density at radius 1 is 1.40 bits per heavy atom. The van der Waals surface area contributed by atoms with Gasteiger partial charge in [0.2, 0.25) is 0 Å². The van der Waals surface area contributed by atoms with Gasteiger partial charge in [-0.2, -0.15) is 0 Å². The number of hydrogen-bond donors (Lipinski definition) is 2. The largest absolute Gasteiger partial charge is 0.396 e. The minimum absolute atomic E-state index is 0.229. The molecule has 15 heavy (non-hydrogen) atoms. The summed E-state index contributed by atoms with van der Waals surface area (Å²) in [6.07, 6.45) is 8.63. The van der Waals surface area contributed by atoms with Gasteiger partial charge in [-0.15, -0.1) is 0 Å². The molecule has 0 radical (unpaired) electrons. The van der Waals surface area contributed by atoms with Crippen molar-refractivity contribution >= 4 is 0 Å². The summed E-state index contributed by atoms with van der Waals surface area (Å²) in [5, 5.41) is 9.15. The molecule has 0 amide bonds. The molecule has 0 spiro atoms.